The van der Waals surface area contributed by atoms with Crippen LogP contribution in [0.2, 0.25) is 0 Å². The first kappa shape index (κ1) is 13.6. The van der Waals surface area contributed by atoms with Gasteiger partial charge in [-0.15, -0.1) is 0 Å². The van der Waals surface area contributed by atoms with Crippen LogP contribution in [0.3, 0.4) is 0 Å². The van der Waals surface area contributed by atoms with Crippen molar-refractivity contribution in [2.75, 3.05) is 0 Å². The molecular weight excluding hydrogens is 280 g/mol. The first-order valence-electron chi connectivity index (χ1n) is 5.16. The summed E-state index contributed by atoms with van der Waals surface area (Å²) in [5.74, 6) is -0.420. The molecule has 0 unspecified atom stereocenters. The van der Waals surface area contributed by atoms with Crippen LogP contribution in [0.4, 0.5) is 0 Å². The van der Waals surface area contributed by atoms with Crippen molar-refractivity contribution in [1.82, 2.24) is 0 Å². The number of halogens is 1. The van der Waals surface area contributed by atoms with E-state index in [9.17, 15) is 9.59 Å². The minimum Gasteiger partial charge on any atom is -0.294 e. The van der Waals surface area contributed by atoms with Crippen molar-refractivity contribution in [2.45, 2.75) is 13.8 Å². The summed E-state index contributed by atoms with van der Waals surface area (Å²) in [5, 5.41) is 0. The molecule has 0 aliphatic carbocycles. The predicted molar refractivity (Wildman–Crippen MR) is 72.6 cm³/mol. The molecule has 1 aromatic rings. The molecule has 0 aromatic heterocycles. The van der Waals surface area contributed by atoms with Gasteiger partial charge in [-0.3, -0.25) is 9.59 Å². The lowest BCUT2D eigenvalue weighted by Crippen LogP contribution is -2.05. The van der Waals surface area contributed by atoms with Gasteiger partial charge in [0.1, 0.15) is 0 Å². The Kier molecular flexibility index (Phi) is 5.04. The molecule has 0 N–H and O–H groups in total. The largest absolute Gasteiger partial charge is 0.294 e. The number of ketones is 2. The molecule has 17 heavy (non-hydrogen) atoms. The van der Waals surface area contributed by atoms with Gasteiger partial charge >= 0.3 is 0 Å². The Balaban J connectivity index is 2.84. The maximum absolute atomic E-state index is 11.1. The molecule has 0 bridgehead atoms. The Labute approximate surface area is 109 Å². The Morgan fingerprint density at radius 2 is 1.59 bits per heavy atom. The minimum atomic E-state index is -0.210. The van der Waals surface area contributed by atoms with E-state index in [1.165, 1.54) is 13.8 Å². The number of benzene rings is 1. The lowest BCUT2D eigenvalue weighted by atomic mass is 10.1. The summed E-state index contributed by atoms with van der Waals surface area (Å²) in [6.45, 7) is 2.78. The molecule has 1 rings (SSSR count). The number of hydrogen-bond acceptors (Lipinski definition) is 2. The Morgan fingerprint density at radius 1 is 1.06 bits per heavy atom. The molecule has 0 spiro atoms. The Morgan fingerprint density at radius 3 is 2.06 bits per heavy atom. The van der Waals surface area contributed by atoms with E-state index in [1.807, 2.05) is 30.3 Å². The summed E-state index contributed by atoms with van der Waals surface area (Å²) in [4.78, 5) is 22.3. The van der Waals surface area contributed by atoms with Crippen LogP contribution in [0, 0.1) is 0 Å². The van der Waals surface area contributed by atoms with E-state index in [1.54, 1.807) is 12.2 Å². The summed E-state index contributed by atoms with van der Waals surface area (Å²) in [7, 11) is 0. The van der Waals surface area contributed by atoms with E-state index < -0.39 is 0 Å². The smallest absolute Gasteiger partial charge is 0.163 e. The van der Waals surface area contributed by atoms with Crippen molar-refractivity contribution in [2.24, 2.45) is 0 Å². The molecule has 0 fully saturated rings. The normalized spacial score (nSPS) is 10.3. The van der Waals surface area contributed by atoms with Gasteiger partial charge in [-0.25, -0.2) is 0 Å². The predicted octanol–water partition coefficient (Wildman–Crippen LogP) is 3.57. The van der Waals surface area contributed by atoms with Crippen LogP contribution in [0.1, 0.15) is 19.4 Å². The van der Waals surface area contributed by atoms with Crippen molar-refractivity contribution in [3.63, 3.8) is 0 Å². The van der Waals surface area contributed by atoms with Gasteiger partial charge in [-0.2, -0.15) is 0 Å². The van der Waals surface area contributed by atoms with Crippen molar-refractivity contribution in [1.29, 1.82) is 0 Å². The van der Waals surface area contributed by atoms with Gasteiger partial charge in [0.15, 0.2) is 11.6 Å². The van der Waals surface area contributed by atoms with Gasteiger partial charge in [0.25, 0.3) is 0 Å². The molecule has 0 saturated carbocycles. The molecule has 2 nitrogen and oxygen atoms in total. The molecule has 0 aliphatic rings. The summed E-state index contributed by atoms with van der Waals surface area (Å²) in [6.07, 6.45) is 5.10. The SMILES string of the molecule is CC(=O)C(=C/C=C/c1ccc(Br)cc1)C(C)=O. The fraction of sp³-hybridized carbons (Fsp3) is 0.143. The van der Waals surface area contributed by atoms with Gasteiger partial charge in [0, 0.05) is 4.47 Å². The second kappa shape index (κ2) is 6.30. The summed E-state index contributed by atoms with van der Waals surface area (Å²) < 4.78 is 1.01. The van der Waals surface area contributed by atoms with Gasteiger partial charge in [-0.05, 0) is 37.6 Å². The quantitative estimate of drug-likeness (QED) is 0.368. The molecule has 0 radical (unpaired) electrons. The number of carbonyl (C=O) groups is 2. The maximum atomic E-state index is 11.1. The monoisotopic (exact) mass is 292 g/mol. The Hall–Kier alpha value is -1.48. The molecule has 1 aromatic carbocycles. The maximum Gasteiger partial charge on any atom is 0.163 e. The van der Waals surface area contributed by atoms with Crippen molar-refractivity contribution in [3.8, 4) is 0 Å². The van der Waals surface area contributed by atoms with E-state index in [4.69, 9.17) is 0 Å². The van der Waals surface area contributed by atoms with E-state index in [2.05, 4.69) is 15.9 Å². The average molecular weight is 293 g/mol. The van der Waals surface area contributed by atoms with E-state index in [0.29, 0.717) is 0 Å². The van der Waals surface area contributed by atoms with Crippen LogP contribution >= 0.6 is 15.9 Å². The molecule has 0 amide bonds. The fourth-order valence-corrected chi connectivity index (χ4v) is 1.58. The Bertz CT molecular complexity index is 465. The van der Waals surface area contributed by atoms with E-state index >= 15 is 0 Å². The summed E-state index contributed by atoms with van der Waals surface area (Å²) in [6, 6.07) is 7.74. The second-order valence-corrected chi connectivity index (χ2v) is 4.52. The topological polar surface area (TPSA) is 34.1 Å². The number of carbonyl (C=O) groups excluding carboxylic acids is 2. The first-order chi connectivity index (χ1) is 8.00. The first-order valence-corrected chi connectivity index (χ1v) is 5.96. The third kappa shape index (κ3) is 4.49. The second-order valence-electron chi connectivity index (χ2n) is 3.60. The molecule has 0 atom stereocenters. The zero-order valence-electron chi connectivity index (χ0n) is 9.74. The van der Waals surface area contributed by atoms with Crippen molar-refractivity contribution >= 4 is 33.6 Å². The van der Waals surface area contributed by atoms with Crippen molar-refractivity contribution in [3.05, 3.63) is 52.0 Å². The van der Waals surface area contributed by atoms with Crippen LogP contribution in [-0.4, -0.2) is 11.6 Å². The van der Waals surface area contributed by atoms with Crippen molar-refractivity contribution < 1.29 is 9.59 Å². The van der Waals surface area contributed by atoms with Crippen LogP contribution in [0.25, 0.3) is 6.08 Å². The molecule has 88 valence electrons. The number of rotatable bonds is 4. The van der Waals surface area contributed by atoms with Crippen LogP contribution in [-0.2, 0) is 9.59 Å². The zero-order valence-corrected chi connectivity index (χ0v) is 11.3. The average Bonchev–Trinajstić information content (AvgIpc) is 2.25. The van der Waals surface area contributed by atoms with Crippen LogP contribution in [0.15, 0.2) is 46.5 Å². The van der Waals surface area contributed by atoms with Gasteiger partial charge in [0.05, 0.1) is 5.57 Å². The fourth-order valence-electron chi connectivity index (χ4n) is 1.31. The number of hydrogen-bond donors (Lipinski definition) is 0. The zero-order chi connectivity index (χ0) is 12.8. The number of Topliss-reactive ketones (excluding diaryl/α,β-unsaturated/α-hetero) is 2. The lowest BCUT2D eigenvalue weighted by molar-refractivity contribution is -0.119. The molecule has 3 heteroatoms. The lowest BCUT2D eigenvalue weighted by Gasteiger charge is -1.95. The third-order valence-corrected chi connectivity index (χ3v) is 2.71. The highest BCUT2D eigenvalue weighted by molar-refractivity contribution is 9.10. The minimum absolute atomic E-state index is 0.210. The van der Waals surface area contributed by atoms with Gasteiger partial charge < -0.3 is 0 Å². The third-order valence-electron chi connectivity index (χ3n) is 2.18. The molecule has 0 saturated heterocycles. The molecule has 0 heterocycles. The highest BCUT2D eigenvalue weighted by Crippen LogP contribution is 2.11. The van der Waals surface area contributed by atoms with E-state index in [0.717, 1.165) is 10.0 Å². The standard InChI is InChI=1S/C14H13BrO2/c1-10(16)14(11(2)17)5-3-4-12-6-8-13(15)9-7-12/h3-9H,1-2H3/b4-3+. The van der Waals surface area contributed by atoms with E-state index in [-0.39, 0.29) is 17.1 Å². The number of allylic oxidation sites excluding steroid dienone is 3. The van der Waals surface area contributed by atoms with Crippen LogP contribution < -0.4 is 0 Å². The molecular formula is C14H13BrO2. The van der Waals surface area contributed by atoms with Crippen LogP contribution in [0.5, 0.6) is 0 Å². The van der Waals surface area contributed by atoms with Gasteiger partial charge in [0.2, 0.25) is 0 Å². The summed E-state index contributed by atoms with van der Waals surface area (Å²) in [5.41, 5.74) is 1.23. The van der Waals surface area contributed by atoms with Gasteiger partial charge in [-0.1, -0.05) is 40.2 Å². The highest BCUT2D eigenvalue weighted by atomic mass is 79.9. The highest BCUT2D eigenvalue weighted by Gasteiger charge is 2.06. The summed E-state index contributed by atoms with van der Waals surface area (Å²) >= 11 is 3.35. The molecule has 0 aliphatic heterocycles.